The fraction of sp³-hybridized carbons (Fsp3) is 0.381. The smallest absolute Gasteiger partial charge is 0.224 e. The highest BCUT2D eigenvalue weighted by Gasteiger charge is 2.10. The molecule has 6 heteroatoms. The maximum absolute atomic E-state index is 12.1. The highest BCUT2D eigenvalue weighted by atomic mass is 35.5. The minimum Gasteiger partial charge on any atom is -0.399 e. The molecule has 0 aliphatic carbocycles. The Labute approximate surface area is 174 Å². The predicted octanol–water partition coefficient (Wildman–Crippen LogP) is 3.96. The SMILES string of the molecule is Cl.Cl.Nc1ccc(CC(=O)NCc2ccc(CN3CCCCC3)cc2)cc1. The van der Waals surface area contributed by atoms with Crippen molar-refractivity contribution in [1.82, 2.24) is 10.2 Å². The lowest BCUT2D eigenvalue weighted by molar-refractivity contribution is -0.120. The number of hydrogen-bond donors (Lipinski definition) is 2. The number of halogens is 2. The molecular weight excluding hydrogens is 381 g/mol. The number of piperidine rings is 1. The monoisotopic (exact) mass is 409 g/mol. The molecule has 148 valence electrons. The Morgan fingerprint density at radius 3 is 2.04 bits per heavy atom. The van der Waals surface area contributed by atoms with Gasteiger partial charge in [-0.2, -0.15) is 0 Å². The van der Waals surface area contributed by atoms with E-state index < -0.39 is 0 Å². The third kappa shape index (κ3) is 7.79. The van der Waals surface area contributed by atoms with E-state index in [4.69, 9.17) is 5.73 Å². The van der Waals surface area contributed by atoms with E-state index in [1.54, 1.807) is 0 Å². The molecule has 0 bridgehead atoms. The molecule has 1 fully saturated rings. The Morgan fingerprint density at radius 1 is 0.852 bits per heavy atom. The summed E-state index contributed by atoms with van der Waals surface area (Å²) >= 11 is 0. The first kappa shape index (κ1) is 23.3. The lowest BCUT2D eigenvalue weighted by atomic mass is 10.1. The minimum absolute atomic E-state index is 0. The largest absolute Gasteiger partial charge is 0.399 e. The van der Waals surface area contributed by atoms with Crippen molar-refractivity contribution in [1.29, 1.82) is 0 Å². The third-order valence-corrected chi connectivity index (χ3v) is 4.71. The molecule has 1 amide bonds. The van der Waals surface area contributed by atoms with E-state index in [1.807, 2.05) is 24.3 Å². The highest BCUT2D eigenvalue weighted by Crippen LogP contribution is 2.13. The molecule has 0 atom stereocenters. The first-order valence-electron chi connectivity index (χ1n) is 9.10. The number of anilines is 1. The van der Waals surface area contributed by atoms with E-state index in [2.05, 4.69) is 34.5 Å². The van der Waals surface area contributed by atoms with E-state index in [-0.39, 0.29) is 30.7 Å². The standard InChI is InChI=1S/C21H27N3O.2ClH/c22-20-10-8-17(9-11-20)14-21(25)23-15-18-4-6-19(7-5-18)16-24-12-2-1-3-13-24;;/h4-11H,1-3,12-16,22H2,(H,23,25);2*1H. The van der Waals surface area contributed by atoms with Crippen LogP contribution in [-0.4, -0.2) is 23.9 Å². The van der Waals surface area contributed by atoms with Gasteiger partial charge < -0.3 is 11.1 Å². The van der Waals surface area contributed by atoms with Crippen LogP contribution in [0.1, 0.15) is 36.0 Å². The van der Waals surface area contributed by atoms with Crippen LogP contribution in [0.4, 0.5) is 5.69 Å². The molecule has 2 aromatic rings. The van der Waals surface area contributed by atoms with Crippen LogP contribution in [0.15, 0.2) is 48.5 Å². The summed E-state index contributed by atoms with van der Waals surface area (Å²) in [6.45, 7) is 4.02. The van der Waals surface area contributed by atoms with Gasteiger partial charge in [0.15, 0.2) is 0 Å². The van der Waals surface area contributed by atoms with Crippen molar-refractivity contribution < 1.29 is 4.79 Å². The normalized spacial score (nSPS) is 13.9. The lowest BCUT2D eigenvalue weighted by Crippen LogP contribution is -2.29. The van der Waals surface area contributed by atoms with E-state index >= 15 is 0 Å². The Kier molecular flexibility index (Phi) is 10.2. The number of carbonyl (C=O) groups is 1. The molecule has 0 saturated carbocycles. The van der Waals surface area contributed by atoms with Crippen LogP contribution in [0.25, 0.3) is 0 Å². The number of nitrogens with two attached hydrogens (primary N) is 1. The number of rotatable bonds is 6. The topological polar surface area (TPSA) is 58.4 Å². The van der Waals surface area contributed by atoms with Gasteiger partial charge in [-0.25, -0.2) is 0 Å². The molecule has 1 aliphatic rings. The number of benzene rings is 2. The van der Waals surface area contributed by atoms with Gasteiger partial charge in [-0.1, -0.05) is 42.8 Å². The van der Waals surface area contributed by atoms with Crippen molar-refractivity contribution in [3.8, 4) is 0 Å². The van der Waals surface area contributed by atoms with Gasteiger partial charge in [0.25, 0.3) is 0 Å². The van der Waals surface area contributed by atoms with E-state index in [0.29, 0.717) is 18.7 Å². The molecule has 3 N–H and O–H groups in total. The van der Waals surface area contributed by atoms with Crippen molar-refractivity contribution in [2.24, 2.45) is 0 Å². The zero-order valence-corrected chi connectivity index (χ0v) is 17.2. The second-order valence-electron chi connectivity index (χ2n) is 6.85. The summed E-state index contributed by atoms with van der Waals surface area (Å²) in [5.74, 6) is 0.0298. The van der Waals surface area contributed by atoms with Gasteiger partial charge in [-0.3, -0.25) is 9.69 Å². The Morgan fingerprint density at radius 2 is 1.41 bits per heavy atom. The molecule has 27 heavy (non-hydrogen) atoms. The molecule has 3 rings (SSSR count). The molecule has 0 radical (unpaired) electrons. The molecule has 0 spiro atoms. The first-order valence-corrected chi connectivity index (χ1v) is 9.10. The van der Waals surface area contributed by atoms with Crippen molar-refractivity contribution in [2.45, 2.75) is 38.8 Å². The molecular formula is C21H29Cl2N3O. The van der Waals surface area contributed by atoms with Crippen molar-refractivity contribution >= 4 is 36.4 Å². The van der Waals surface area contributed by atoms with Crippen LogP contribution in [0, 0.1) is 0 Å². The van der Waals surface area contributed by atoms with E-state index in [9.17, 15) is 4.79 Å². The maximum atomic E-state index is 12.1. The molecule has 0 aromatic heterocycles. The molecule has 1 heterocycles. The molecule has 0 unspecified atom stereocenters. The molecule has 1 saturated heterocycles. The first-order chi connectivity index (χ1) is 12.2. The number of nitrogens with zero attached hydrogens (tertiary/aromatic N) is 1. The summed E-state index contributed by atoms with van der Waals surface area (Å²) in [5.41, 5.74) is 9.83. The number of nitrogen functional groups attached to an aromatic ring is 1. The van der Waals surface area contributed by atoms with Gasteiger partial charge in [0, 0.05) is 18.8 Å². The fourth-order valence-corrected chi connectivity index (χ4v) is 3.22. The average molecular weight is 410 g/mol. The van der Waals surface area contributed by atoms with Crippen LogP contribution in [0.2, 0.25) is 0 Å². The maximum Gasteiger partial charge on any atom is 0.224 e. The number of amides is 1. The predicted molar refractivity (Wildman–Crippen MR) is 116 cm³/mol. The van der Waals surface area contributed by atoms with Crippen molar-refractivity contribution in [3.05, 3.63) is 65.2 Å². The summed E-state index contributed by atoms with van der Waals surface area (Å²) in [7, 11) is 0. The Balaban J connectivity index is 0.00000182. The van der Waals surface area contributed by atoms with Crippen molar-refractivity contribution in [3.63, 3.8) is 0 Å². The number of hydrogen-bond acceptors (Lipinski definition) is 3. The van der Waals surface area contributed by atoms with Crippen LogP contribution < -0.4 is 11.1 Å². The summed E-state index contributed by atoms with van der Waals surface area (Å²) < 4.78 is 0. The molecule has 2 aromatic carbocycles. The fourth-order valence-electron chi connectivity index (χ4n) is 3.22. The summed E-state index contributed by atoms with van der Waals surface area (Å²) in [6.07, 6.45) is 4.38. The van der Waals surface area contributed by atoms with Gasteiger partial charge in [0.05, 0.1) is 6.42 Å². The third-order valence-electron chi connectivity index (χ3n) is 4.71. The summed E-state index contributed by atoms with van der Waals surface area (Å²) in [6, 6.07) is 16.0. The van der Waals surface area contributed by atoms with Gasteiger partial charge in [-0.15, -0.1) is 24.8 Å². The molecule has 1 aliphatic heterocycles. The van der Waals surface area contributed by atoms with Crippen LogP contribution in [0.3, 0.4) is 0 Å². The van der Waals surface area contributed by atoms with Gasteiger partial charge in [-0.05, 0) is 54.8 Å². The number of carbonyl (C=O) groups excluding carboxylic acids is 1. The van der Waals surface area contributed by atoms with E-state index in [0.717, 1.165) is 17.7 Å². The zero-order valence-electron chi connectivity index (χ0n) is 15.5. The van der Waals surface area contributed by atoms with E-state index in [1.165, 1.54) is 37.9 Å². The number of likely N-dealkylation sites (tertiary alicyclic amines) is 1. The minimum atomic E-state index is 0. The van der Waals surface area contributed by atoms with Gasteiger partial charge in [0.1, 0.15) is 0 Å². The highest BCUT2D eigenvalue weighted by molar-refractivity contribution is 5.85. The van der Waals surface area contributed by atoms with Crippen LogP contribution in [0.5, 0.6) is 0 Å². The Hall–Kier alpha value is -1.75. The summed E-state index contributed by atoms with van der Waals surface area (Å²) in [5, 5.41) is 2.98. The quantitative estimate of drug-likeness (QED) is 0.709. The zero-order chi connectivity index (χ0) is 17.5. The van der Waals surface area contributed by atoms with Crippen LogP contribution in [-0.2, 0) is 24.3 Å². The summed E-state index contributed by atoms with van der Waals surface area (Å²) in [4.78, 5) is 14.6. The molecule has 4 nitrogen and oxygen atoms in total. The van der Waals surface area contributed by atoms with Gasteiger partial charge in [0.2, 0.25) is 5.91 Å². The van der Waals surface area contributed by atoms with Crippen molar-refractivity contribution in [2.75, 3.05) is 18.8 Å². The second-order valence-corrected chi connectivity index (χ2v) is 6.85. The number of nitrogens with one attached hydrogen (secondary N) is 1. The Bertz CT molecular complexity index is 684. The van der Waals surface area contributed by atoms with Crippen LogP contribution >= 0.6 is 24.8 Å². The van der Waals surface area contributed by atoms with Gasteiger partial charge >= 0.3 is 0 Å². The second kappa shape index (κ2) is 11.9. The lowest BCUT2D eigenvalue weighted by Gasteiger charge is -2.26. The average Bonchev–Trinajstić information content (AvgIpc) is 2.64.